The zero-order valence-corrected chi connectivity index (χ0v) is 22.5. The number of halogens is 2. The van der Waals surface area contributed by atoms with E-state index >= 15 is 0 Å². The van der Waals surface area contributed by atoms with E-state index in [4.69, 9.17) is 21.1 Å². The Labute approximate surface area is 225 Å². The van der Waals surface area contributed by atoms with Crippen LogP contribution in [0.2, 0.25) is 5.02 Å². The second kappa shape index (κ2) is 12.1. The summed E-state index contributed by atoms with van der Waals surface area (Å²) < 4.78 is 13.1. The highest BCUT2D eigenvalue weighted by molar-refractivity contribution is 9.10. The third-order valence-corrected chi connectivity index (χ3v) is 6.78. The van der Waals surface area contributed by atoms with Gasteiger partial charge in [-0.1, -0.05) is 23.4 Å². The molecule has 1 N–H and O–H groups in total. The summed E-state index contributed by atoms with van der Waals surface area (Å²) in [5, 5.41) is 13.9. The third-order valence-electron chi connectivity index (χ3n) is 4.98. The molecule has 0 saturated heterocycles. The fourth-order valence-corrected chi connectivity index (χ4v) is 4.65. The van der Waals surface area contributed by atoms with Gasteiger partial charge in [-0.2, -0.15) is 5.10 Å². The van der Waals surface area contributed by atoms with Crippen molar-refractivity contribution in [2.75, 3.05) is 20.0 Å². The molecule has 4 aromatic rings. The Morgan fingerprint density at radius 1 is 1.08 bits per heavy atom. The van der Waals surface area contributed by atoms with E-state index in [1.807, 2.05) is 59.2 Å². The van der Waals surface area contributed by atoms with Crippen molar-refractivity contribution in [1.29, 1.82) is 0 Å². The number of rotatable bonds is 9. The molecule has 4 rings (SSSR count). The van der Waals surface area contributed by atoms with Crippen LogP contribution in [0.5, 0.6) is 11.5 Å². The van der Waals surface area contributed by atoms with E-state index in [1.54, 1.807) is 32.6 Å². The van der Waals surface area contributed by atoms with Crippen molar-refractivity contribution in [3.63, 3.8) is 0 Å². The van der Waals surface area contributed by atoms with Gasteiger partial charge in [0.15, 0.2) is 11.0 Å². The number of ether oxygens (including phenoxy) is 2. The Kier molecular flexibility index (Phi) is 8.63. The van der Waals surface area contributed by atoms with E-state index in [0.717, 1.165) is 27.0 Å². The highest BCUT2D eigenvalue weighted by Gasteiger charge is 2.17. The van der Waals surface area contributed by atoms with Gasteiger partial charge in [-0.15, -0.1) is 10.2 Å². The quantitative estimate of drug-likeness (QED) is 0.156. The maximum atomic E-state index is 12.5. The van der Waals surface area contributed by atoms with Crippen LogP contribution in [-0.2, 0) is 4.79 Å². The van der Waals surface area contributed by atoms with Gasteiger partial charge in [0.2, 0.25) is 0 Å². The van der Waals surface area contributed by atoms with Crippen LogP contribution in [0, 0.1) is 0 Å². The van der Waals surface area contributed by atoms with Gasteiger partial charge in [-0.25, -0.2) is 5.43 Å². The number of benzene rings is 3. The number of hydrogen-bond donors (Lipinski definition) is 1. The van der Waals surface area contributed by atoms with E-state index in [1.165, 1.54) is 11.8 Å². The Morgan fingerprint density at radius 3 is 2.50 bits per heavy atom. The monoisotopic (exact) mass is 585 g/mol. The number of hydrogen-bond acceptors (Lipinski definition) is 7. The molecule has 0 saturated carbocycles. The molecular formula is C25H21BrClN5O3S. The van der Waals surface area contributed by atoms with Crippen molar-refractivity contribution < 1.29 is 14.3 Å². The highest BCUT2D eigenvalue weighted by Crippen LogP contribution is 2.29. The number of methoxy groups -OCH3 is 2. The minimum Gasteiger partial charge on any atom is -0.497 e. The Hall–Kier alpha value is -3.34. The lowest BCUT2D eigenvalue weighted by Crippen LogP contribution is -2.20. The first kappa shape index (κ1) is 25.7. The van der Waals surface area contributed by atoms with E-state index in [0.29, 0.717) is 21.8 Å². The van der Waals surface area contributed by atoms with Crippen molar-refractivity contribution in [3.8, 4) is 28.6 Å². The maximum Gasteiger partial charge on any atom is 0.250 e. The lowest BCUT2D eigenvalue weighted by atomic mass is 10.2. The van der Waals surface area contributed by atoms with Gasteiger partial charge >= 0.3 is 0 Å². The summed E-state index contributed by atoms with van der Waals surface area (Å²) in [5.41, 5.74) is 5.02. The van der Waals surface area contributed by atoms with Gasteiger partial charge in [-0.05, 0) is 88.2 Å². The van der Waals surface area contributed by atoms with Crippen molar-refractivity contribution in [2.24, 2.45) is 5.10 Å². The first-order valence-electron chi connectivity index (χ1n) is 10.6. The summed E-state index contributed by atoms with van der Waals surface area (Å²) in [6.45, 7) is 0. The number of carbonyl (C=O) groups is 1. The minimum absolute atomic E-state index is 0.0952. The third kappa shape index (κ3) is 6.26. The van der Waals surface area contributed by atoms with Crippen molar-refractivity contribution in [1.82, 2.24) is 20.2 Å². The molecule has 1 aromatic heterocycles. The molecule has 0 radical (unpaired) electrons. The molecule has 1 heterocycles. The number of hydrazone groups is 1. The first-order valence-corrected chi connectivity index (χ1v) is 12.8. The number of carbonyl (C=O) groups excluding carboxylic acids is 1. The Bertz CT molecular complexity index is 1380. The summed E-state index contributed by atoms with van der Waals surface area (Å²) in [5.74, 6) is 1.90. The first-order chi connectivity index (χ1) is 17.5. The fraction of sp³-hybridized carbons (Fsp3) is 0.120. The van der Waals surface area contributed by atoms with Gasteiger partial charge in [0.1, 0.15) is 11.5 Å². The molecule has 36 heavy (non-hydrogen) atoms. The fourth-order valence-electron chi connectivity index (χ4n) is 3.22. The number of nitrogens with zero attached hydrogens (tertiary/aromatic N) is 4. The molecule has 1 amide bonds. The summed E-state index contributed by atoms with van der Waals surface area (Å²) >= 11 is 10.8. The second-order valence-electron chi connectivity index (χ2n) is 7.32. The van der Waals surface area contributed by atoms with Crippen LogP contribution in [0.25, 0.3) is 17.1 Å². The predicted octanol–water partition coefficient (Wildman–Crippen LogP) is 5.61. The van der Waals surface area contributed by atoms with Crippen molar-refractivity contribution in [2.45, 2.75) is 5.16 Å². The molecule has 0 aliphatic heterocycles. The topological polar surface area (TPSA) is 90.6 Å². The van der Waals surface area contributed by atoms with Crippen LogP contribution < -0.4 is 14.9 Å². The lowest BCUT2D eigenvalue weighted by molar-refractivity contribution is -0.118. The largest absolute Gasteiger partial charge is 0.497 e. The van der Waals surface area contributed by atoms with Crippen LogP contribution in [-0.4, -0.2) is 46.9 Å². The predicted molar refractivity (Wildman–Crippen MR) is 146 cm³/mol. The Morgan fingerprint density at radius 2 is 1.83 bits per heavy atom. The number of aromatic nitrogens is 3. The van der Waals surface area contributed by atoms with Gasteiger partial charge in [0, 0.05) is 16.3 Å². The van der Waals surface area contributed by atoms with Crippen molar-refractivity contribution >= 4 is 51.4 Å². The second-order valence-corrected chi connectivity index (χ2v) is 9.56. The molecule has 0 aliphatic rings. The molecule has 8 nitrogen and oxygen atoms in total. The molecule has 0 aliphatic carbocycles. The van der Waals surface area contributed by atoms with Gasteiger partial charge < -0.3 is 9.47 Å². The molecule has 0 spiro atoms. The molecule has 184 valence electrons. The summed E-state index contributed by atoms with van der Waals surface area (Å²) in [6, 6.07) is 20.4. The highest BCUT2D eigenvalue weighted by atomic mass is 79.9. The minimum atomic E-state index is -0.277. The molecule has 0 bridgehead atoms. The Balaban J connectivity index is 1.49. The standard InChI is InChI=1S/C25H21BrClN5O3S/c1-34-20-10-4-17(5-11-20)24-30-31-25(32(24)19-8-6-18(27)7-9-19)36-15-23(33)29-28-14-16-3-12-22(35-2)21(26)13-16/h3-14H,15H2,1-2H3,(H,29,33). The van der Waals surface area contributed by atoms with Gasteiger partial charge in [-0.3, -0.25) is 9.36 Å². The summed E-state index contributed by atoms with van der Waals surface area (Å²) in [4.78, 5) is 12.5. The SMILES string of the molecule is COc1ccc(-c2nnc(SCC(=O)NN=Cc3ccc(OC)c(Br)c3)n2-c2ccc(Cl)cc2)cc1. The van der Waals surface area contributed by atoms with E-state index in [9.17, 15) is 4.79 Å². The average molecular weight is 587 g/mol. The van der Waals surface area contributed by atoms with Gasteiger partial charge in [0.25, 0.3) is 5.91 Å². The van der Waals surface area contributed by atoms with Gasteiger partial charge in [0.05, 0.1) is 30.7 Å². The number of thioether (sulfide) groups is 1. The molecule has 11 heteroatoms. The van der Waals surface area contributed by atoms with Crippen LogP contribution in [0.15, 0.2) is 81.5 Å². The van der Waals surface area contributed by atoms with E-state index in [2.05, 4.69) is 36.7 Å². The molecule has 0 unspecified atom stereocenters. The van der Waals surface area contributed by atoms with Crippen LogP contribution in [0.4, 0.5) is 0 Å². The maximum absolute atomic E-state index is 12.5. The summed E-state index contributed by atoms with van der Waals surface area (Å²) in [6.07, 6.45) is 1.56. The zero-order valence-electron chi connectivity index (χ0n) is 19.3. The molecule has 0 atom stereocenters. The smallest absolute Gasteiger partial charge is 0.250 e. The number of amides is 1. The van der Waals surface area contributed by atoms with Crippen LogP contribution in [0.3, 0.4) is 0 Å². The average Bonchev–Trinajstić information content (AvgIpc) is 3.32. The molecule has 3 aromatic carbocycles. The van der Waals surface area contributed by atoms with Crippen LogP contribution in [0.1, 0.15) is 5.56 Å². The van der Waals surface area contributed by atoms with E-state index < -0.39 is 0 Å². The number of nitrogens with one attached hydrogen (secondary N) is 1. The normalized spacial score (nSPS) is 11.0. The van der Waals surface area contributed by atoms with Crippen molar-refractivity contribution in [3.05, 3.63) is 81.8 Å². The zero-order chi connectivity index (χ0) is 25.5. The summed E-state index contributed by atoms with van der Waals surface area (Å²) in [7, 11) is 3.21. The molecule has 0 fully saturated rings. The molecular weight excluding hydrogens is 566 g/mol. The van der Waals surface area contributed by atoms with E-state index in [-0.39, 0.29) is 11.7 Å². The van der Waals surface area contributed by atoms with Crippen LogP contribution >= 0.6 is 39.3 Å². The lowest BCUT2D eigenvalue weighted by Gasteiger charge is -2.11.